The molecule has 0 aromatic carbocycles. The van der Waals surface area contributed by atoms with Gasteiger partial charge in [0.05, 0.1) is 37.9 Å². The normalized spacial score (nSPS) is 15.4. The molecule has 0 aromatic rings. The Hall–Kier alpha value is -1.32. The standard InChI is InChI=1S/C37H71N2O7P/c1-3-5-7-9-11-13-15-16-17-19-20-22-24-26-28-34(40)32-37(42)39-35(33-46-47(43,44)45-31-30-38)36(41)29-27-25-23-21-18-14-12-10-8-6-4-2/h8,10,18,21,27,29,34-36,40-41H,3-7,9,11-17,19-20,22-26,28,30-33,38H2,1-2H3,(H,39,42)(H,43,44)/b10-8+,21-18+,29-27+. The van der Waals surface area contributed by atoms with E-state index >= 15 is 0 Å². The van der Waals surface area contributed by atoms with Crippen LogP contribution in [0.1, 0.15) is 155 Å². The lowest BCUT2D eigenvalue weighted by Gasteiger charge is -2.24. The van der Waals surface area contributed by atoms with Crippen LogP contribution in [0.3, 0.4) is 0 Å². The molecule has 276 valence electrons. The molecular weight excluding hydrogens is 615 g/mol. The maximum atomic E-state index is 12.7. The van der Waals surface area contributed by atoms with Gasteiger partial charge in [-0.25, -0.2) is 4.57 Å². The molecule has 0 aliphatic heterocycles. The molecule has 0 spiro atoms. The SMILES string of the molecule is CCC/C=C/CC/C=C/CC/C=C/C(O)C(COP(=O)(O)OCCN)NC(=O)CC(O)CCCCCCCCCCCCCCCC. The van der Waals surface area contributed by atoms with Crippen LogP contribution in [0.4, 0.5) is 0 Å². The van der Waals surface area contributed by atoms with Gasteiger partial charge in [-0.15, -0.1) is 0 Å². The van der Waals surface area contributed by atoms with Crippen LogP contribution in [0.25, 0.3) is 0 Å². The topological polar surface area (TPSA) is 151 Å². The number of nitrogens with one attached hydrogen (secondary N) is 1. The van der Waals surface area contributed by atoms with E-state index in [9.17, 15) is 24.5 Å². The summed E-state index contributed by atoms with van der Waals surface area (Å²) in [6, 6.07) is -1.00. The molecule has 6 N–H and O–H groups in total. The second-order valence-corrected chi connectivity index (χ2v) is 14.1. The number of carbonyl (C=O) groups excluding carboxylic acids is 1. The molecule has 9 nitrogen and oxygen atoms in total. The van der Waals surface area contributed by atoms with Gasteiger partial charge in [-0.1, -0.05) is 147 Å². The number of nitrogens with two attached hydrogens (primary N) is 1. The van der Waals surface area contributed by atoms with Crippen molar-refractivity contribution in [2.45, 2.75) is 173 Å². The summed E-state index contributed by atoms with van der Waals surface area (Å²) in [6.07, 6.45) is 33.8. The van der Waals surface area contributed by atoms with Crippen LogP contribution >= 0.6 is 7.82 Å². The van der Waals surface area contributed by atoms with E-state index in [1.54, 1.807) is 6.08 Å². The van der Waals surface area contributed by atoms with E-state index in [1.165, 1.54) is 70.6 Å². The van der Waals surface area contributed by atoms with Crippen molar-refractivity contribution >= 4 is 13.7 Å². The summed E-state index contributed by atoms with van der Waals surface area (Å²) in [7, 11) is -4.40. The van der Waals surface area contributed by atoms with Gasteiger partial charge in [0.1, 0.15) is 0 Å². The van der Waals surface area contributed by atoms with Crippen LogP contribution in [0.5, 0.6) is 0 Å². The van der Waals surface area contributed by atoms with Crippen LogP contribution in [0.2, 0.25) is 0 Å². The van der Waals surface area contributed by atoms with Gasteiger partial charge in [0.15, 0.2) is 0 Å². The fraction of sp³-hybridized carbons (Fsp3) is 0.811. The Balaban J connectivity index is 4.46. The fourth-order valence-electron chi connectivity index (χ4n) is 5.15. The summed E-state index contributed by atoms with van der Waals surface area (Å²) in [6.45, 7) is 3.84. The predicted octanol–water partition coefficient (Wildman–Crippen LogP) is 8.58. The molecule has 10 heteroatoms. The molecule has 0 aliphatic rings. The first-order valence-corrected chi connectivity index (χ1v) is 20.2. The largest absolute Gasteiger partial charge is 0.472 e. The molecule has 4 unspecified atom stereocenters. The maximum absolute atomic E-state index is 12.7. The van der Waals surface area contributed by atoms with Crippen LogP contribution in [0, 0.1) is 0 Å². The summed E-state index contributed by atoms with van der Waals surface area (Å²) in [4.78, 5) is 22.6. The van der Waals surface area contributed by atoms with Crippen molar-refractivity contribution in [3.8, 4) is 0 Å². The van der Waals surface area contributed by atoms with E-state index in [0.717, 1.165) is 51.4 Å². The van der Waals surface area contributed by atoms with Crippen molar-refractivity contribution in [1.82, 2.24) is 5.32 Å². The Morgan fingerprint density at radius 1 is 0.723 bits per heavy atom. The van der Waals surface area contributed by atoms with Crippen LogP contribution in [-0.4, -0.2) is 59.0 Å². The summed E-state index contributed by atoms with van der Waals surface area (Å²) in [5.41, 5.74) is 5.33. The van der Waals surface area contributed by atoms with Crippen molar-refractivity contribution in [2.75, 3.05) is 19.8 Å². The summed E-state index contributed by atoms with van der Waals surface area (Å²) in [5, 5.41) is 23.8. The molecule has 0 saturated heterocycles. The average Bonchev–Trinajstić information content (AvgIpc) is 3.04. The smallest absolute Gasteiger partial charge is 0.393 e. The maximum Gasteiger partial charge on any atom is 0.472 e. The van der Waals surface area contributed by atoms with Crippen molar-refractivity contribution < 1.29 is 33.5 Å². The molecule has 1 amide bonds. The molecule has 0 aromatic heterocycles. The molecule has 0 rings (SSSR count). The third-order valence-electron chi connectivity index (χ3n) is 7.98. The zero-order chi connectivity index (χ0) is 34.9. The molecule has 0 saturated carbocycles. The lowest BCUT2D eigenvalue weighted by molar-refractivity contribution is -0.124. The minimum absolute atomic E-state index is 0.0423. The fourth-order valence-corrected chi connectivity index (χ4v) is 5.91. The van der Waals surface area contributed by atoms with Gasteiger partial charge in [0, 0.05) is 6.54 Å². The van der Waals surface area contributed by atoms with Crippen molar-refractivity contribution in [3.63, 3.8) is 0 Å². The number of phosphoric acid groups is 1. The number of hydrogen-bond donors (Lipinski definition) is 5. The summed E-state index contributed by atoms with van der Waals surface area (Å²) < 4.78 is 21.9. The van der Waals surface area contributed by atoms with E-state index in [2.05, 4.69) is 43.5 Å². The molecule has 0 fully saturated rings. The molecule has 0 aliphatic carbocycles. The van der Waals surface area contributed by atoms with Gasteiger partial charge < -0.3 is 26.2 Å². The number of unbranched alkanes of at least 4 members (excludes halogenated alkanes) is 16. The lowest BCUT2D eigenvalue weighted by atomic mass is 10.0. The van der Waals surface area contributed by atoms with Gasteiger partial charge in [0.25, 0.3) is 0 Å². The van der Waals surface area contributed by atoms with Crippen molar-refractivity contribution in [1.29, 1.82) is 0 Å². The highest BCUT2D eigenvalue weighted by Gasteiger charge is 2.27. The minimum atomic E-state index is -4.40. The van der Waals surface area contributed by atoms with E-state index in [-0.39, 0.29) is 19.6 Å². The van der Waals surface area contributed by atoms with E-state index in [1.807, 2.05) is 6.08 Å². The Labute approximate surface area is 287 Å². The van der Waals surface area contributed by atoms with Gasteiger partial charge in [-0.2, -0.15) is 0 Å². The first-order chi connectivity index (χ1) is 22.8. The molecule has 0 radical (unpaired) electrons. The number of aliphatic hydroxyl groups excluding tert-OH is 2. The van der Waals surface area contributed by atoms with Gasteiger partial charge in [-0.3, -0.25) is 13.8 Å². The van der Waals surface area contributed by atoms with E-state index in [0.29, 0.717) is 12.8 Å². The zero-order valence-corrected chi connectivity index (χ0v) is 30.8. The van der Waals surface area contributed by atoms with Crippen molar-refractivity contribution in [3.05, 3.63) is 36.5 Å². The lowest BCUT2D eigenvalue weighted by Crippen LogP contribution is -2.46. The minimum Gasteiger partial charge on any atom is -0.393 e. The number of amides is 1. The number of rotatable bonds is 34. The molecule has 0 bridgehead atoms. The predicted molar refractivity (Wildman–Crippen MR) is 195 cm³/mol. The molecular formula is C37H71N2O7P. The molecule has 0 heterocycles. The van der Waals surface area contributed by atoms with Crippen LogP contribution < -0.4 is 11.1 Å². The van der Waals surface area contributed by atoms with Gasteiger partial charge >= 0.3 is 7.82 Å². The van der Waals surface area contributed by atoms with E-state index < -0.39 is 38.6 Å². The third-order valence-corrected chi connectivity index (χ3v) is 8.97. The Bertz CT molecular complexity index is 853. The van der Waals surface area contributed by atoms with Crippen molar-refractivity contribution in [2.24, 2.45) is 5.73 Å². The zero-order valence-electron chi connectivity index (χ0n) is 29.9. The first kappa shape index (κ1) is 45.7. The number of allylic oxidation sites excluding steroid dienone is 5. The number of carbonyl (C=O) groups is 1. The first-order valence-electron chi connectivity index (χ1n) is 18.7. The Morgan fingerprint density at radius 3 is 1.72 bits per heavy atom. The highest BCUT2D eigenvalue weighted by Crippen LogP contribution is 2.43. The van der Waals surface area contributed by atoms with Crippen LogP contribution in [0.15, 0.2) is 36.5 Å². The van der Waals surface area contributed by atoms with E-state index in [4.69, 9.17) is 14.8 Å². The number of phosphoric ester groups is 1. The Kier molecular flexibility index (Phi) is 32.3. The quantitative estimate of drug-likeness (QED) is 0.0257. The molecule has 4 atom stereocenters. The van der Waals surface area contributed by atoms with Gasteiger partial charge in [0.2, 0.25) is 5.91 Å². The third kappa shape index (κ3) is 31.7. The van der Waals surface area contributed by atoms with Gasteiger partial charge in [-0.05, 0) is 38.5 Å². The summed E-state index contributed by atoms with van der Waals surface area (Å²) in [5.74, 6) is -0.463. The summed E-state index contributed by atoms with van der Waals surface area (Å²) >= 11 is 0. The molecule has 47 heavy (non-hydrogen) atoms. The second-order valence-electron chi connectivity index (χ2n) is 12.6. The highest BCUT2D eigenvalue weighted by molar-refractivity contribution is 7.47. The average molecular weight is 687 g/mol. The monoisotopic (exact) mass is 686 g/mol. The number of hydrogen-bond acceptors (Lipinski definition) is 7. The Morgan fingerprint density at radius 2 is 1.21 bits per heavy atom. The number of aliphatic hydroxyl groups is 2. The van der Waals surface area contributed by atoms with Crippen LogP contribution in [-0.2, 0) is 18.4 Å². The highest BCUT2D eigenvalue weighted by atomic mass is 31.2. The second kappa shape index (κ2) is 33.2.